The van der Waals surface area contributed by atoms with Gasteiger partial charge in [-0.05, 0) is 18.9 Å². The van der Waals surface area contributed by atoms with E-state index >= 15 is 0 Å². The summed E-state index contributed by atoms with van der Waals surface area (Å²) in [6.45, 7) is 1.83. The van der Waals surface area contributed by atoms with Crippen LogP contribution < -0.4 is 5.32 Å². The van der Waals surface area contributed by atoms with Gasteiger partial charge in [0.05, 0.1) is 0 Å². The highest BCUT2D eigenvalue weighted by Crippen LogP contribution is 1.97. The number of nitrogens with zero attached hydrogens (tertiary/aromatic N) is 5. The summed E-state index contributed by atoms with van der Waals surface area (Å²) in [5, 5.41) is 10.7. The monoisotopic (exact) mass is 218 g/mol. The molecule has 0 aliphatic heterocycles. The Morgan fingerprint density at radius 1 is 1.06 bits per heavy atom. The standard InChI is InChI=1S/C10H14N6/c1(2-7-16-8-14-15-9-16)4-11-10-12-5-3-6-13-10/h3,5-6,8-9H,1-2,4,7H2,(H,11,12,13). The second-order valence-corrected chi connectivity index (χ2v) is 3.41. The van der Waals surface area contributed by atoms with E-state index in [4.69, 9.17) is 0 Å². The normalized spacial score (nSPS) is 10.2. The molecule has 0 bridgehead atoms. The minimum atomic E-state index is 0.687. The van der Waals surface area contributed by atoms with E-state index in [1.807, 2.05) is 4.57 Å². The topological polar surface area (TPSA) is 68.5 Å². The molecule has 0 saturated carbocycles. The second kappa shape index (κ2) is 5.79. The molecular formula is C10H14N6. The molecule has 0 aliphatic rings. The number of aromatic nitrogens is 5. The summed E-state index contributed by atoms with van der Waals surface area (Å²) in [5.74, 6) is 0.687. The zero-order chi connectivity index (χ0) is 11.1. The number of anilines is 1. The molecule has 0 unspecified atom stereocenters. The molecule has 0 fully saturated rings. The summed E-state index contributed by atoms with van der Waals surface area (Å²) in [5.41, 5.74) is 0. The third kappa shape index (κ3) is 3.30. The first kappa shape index (κ1) is 10.5. The van der Waals surface area contributed by atoms with E-state index in [-0.39, 0.29) is 0 Å². The molecule has 0 radical (unpaired) electrons. The Morgan fingerprint density at radius 2 is 1.81 bits per heavy atom. The van der Waals surface area contributed by atoms with E-state index in [0.717, 1.165) is 25.9 Å². The molecule has 2 aromatic heterocycles. The Labute approximate surface area is 93.8 Å². The maximum absolute atomic E-state index is 4.08. The van der Waals surface area contributed by atoms with Gasteiger partial charge in [-0.3, -0.25) is 0 Å². The average molecular weight is 218 g/mol. The van der Waals surface area contributed by atoms with Gasteiger partial charge in [0.15, 0.2) is 0 Å². The smallest absolute Gasteiger partial charge is 0.222 e. The fourth-order valence-electron chi connectivity index (χ4n) is 1.35. The third-order valence-corrected chi connectivity index (χ3v) is 2.16. The number of rotatable bonds is 6. The van der Waals surface area contributed by atoms with Crippen LogP contribution in [0.15, 0.2) is 31.1 Å². The summed E-state index contributed by atoms with van der Waals surface area (Å²) in [6, 6.07) is 1.80. The summed E-state index contributed by atoms with van der Waals surface area (Å²) in [7, 11) is 0. The molecule has 0 aromatic carbocycles. The highest BCUT2D eigenvalue weighted by atomic mass is 15.2. The van der Waals surface area contributed by atoms with Gasteiger partial charge in [-0.1, -0.05) is 0 Å². The summed E-state index contributed by atoms with van der Waals surface area (Å²) < 4.78 is 1.97. The van der Waals surface area contributed by atoms with Crippen molar-refractivity contribution in [3.05, 3.63) is 31.1 Å². The zero-order valence-electron chi connectivity index (χ0n) is 8.95. The van der Waals surface area contributed by atoms with E-state index in [0.29, 0.717) is 5.95 Å². The lowest BCUT2D eigenvalue weighted by atomic mass is 10.3. The Morgan fingerprint density at radius 3 is 2.56 bits per heavy atom. The van der Waals surface area contributed by atoms with Crippen molar-refractivity contribution in [3.63, 3.8) is 0 Å². The molecule has 0 atom stereocenters. The summed E-state index contributed by atoms with van der Waals surface area (Å²) >= 11 is 0. The molecule has 84 valence electrons. The molecule has 0 amide bonds. The van der Waals surface area contributed by atoms with Crippen LogP contribution in [-0.2, 0) is 6.54 Å². The predicted molar refractivity (Wildman–Crippen MR) is 59.8 cm³/mol. The van der Waals surface area contributed by atoms with Crippen molar-refractivity contribution in [1.82, 2.24) is 24.7 Å². The Bertz CT molecular complexity index is 385. The minimum Gasteiger partial charge on any atom is -0.354 e. The number of aryl methyl sites for hydroxylation is 1. The van der Waals surface area contributed by atoms with Gasteiger partial charge < -0.3 is 9.88 Å². The van der Waals surface area contributed by atoms with Gasteiger partial charge in [0.25, 0.3) is 0 Å². The fraction of sp³-hybridized carbons (Fsp3) is 0.400. The van der Waals surface area contributed by atoms with Crippen LogP contribution in [0.2, 0.25) is 0 Å². The minimum absolute atomic E-state index is 0.687. The van der Waals surface area contributed by atoms with Gasteiger partial charge in [0.1, 0.15) is 12.7 Å². The molecule has 0 saturated heterocycles. The molecule has 16 heavy (non-hydrogen) atoms. The molecule has 0 aliphatic carbocycles. The lowest BCUT2D eigenvalue weighted by Gasteiger charge is -2.04. The maximum Gasteiger partial charge on any atom is 0.222 e. The Hall–Kier alpha value is -1.98. The van der Waals surface area contributed by atoms with Crippen molar-refractivity contribution in [2.45, 2.75) is 19.4 Å². The van der Waals surface area contributed by atoms with Gasteiger partial charge in [0, 0.05) is 25.5 Å². The van der Waals surface area contributed by atoms with Crippen LogP contribution >= 0.6 is 0 Å². The van der Waals surface area contributed by atoms with Gasteiger partial charge in [-0.15, -0.1) is 10.2 Å². The van der Waals surface area contributed by atoms with Gasteiger partial charge in [0.2, 0.25) is 5.95 Å². The molecule has 2 aromatic rings. The molecule has 1 N–H and O–H groups in total. The lowest BCUT2D eigenvalue weighted by Crippen LogP contribution is -2.06. The molecule has 6 nitrogen and oxygen atoms in total. The van der Waals surface area contributed by atoms with Gasteiger partial charge >= 0.3 is 0 Å². The van der Waals surface area contributed by atoms with Gasteiger partial charge in [-0.2, -0.15) is 0 Å². The van der Waals surface area contributed by atoms with Crippen molar-refractivity contribution in [3.8, 4) is 0 Å². The van der Waals surface area contributed by atoms with E-state index in [1.165, 1.54) is 0 Å². The van der Waals surface area contributed by atoms with E-state index in [1.54, 1.807) is 31.1 Å². The zero-order valence-corrected chi connectivity index (χ0v) is 8.95. The van der Waals surface area contributed by atoms with Crippen LogP contribution in [0.3, 0.4) is 0 Å². The number of unbranched alkanes of at least 4 members (excludes halogenated alkanes) is 1. The van der Waals surface area contributed by atoms with Crippen molar-refractivity contribution in [2.24, 2.45) is 0 Å². The number of hydrogen-bond acceptors (Lipinski definition) is 5. The van der Waals surface area contributed by atoms with E-state index in [9.17, 15) is 0 Å². The molecule has 0 spiro atoms. The number of nitrogens with one attached hydrogen (secondary N) is 1. The SMILES string of the molecule is c1cnc(NCCCCn2cnnc2)nc1. The first-order valence-electron chi connectivity index (χ1n) is 5.28. The van der Waals surface area contributed by atoms with Gasteiger partial charge in [-0.25, -0.2) is 9.97 Å². The van der Waals surface area contributed by atoms with E-state index < -0.39 is 0 Å². The van der Waals surface area contributed by atoms with Crippen LogP contribution in [0.5, 0.6) is 0 Å². The molecular weight excluding hydrogens is 204 g/mol. The van der Waals surface area contributed by atoms with Crippen molar-refractivity contribution in [1.29, 1.82) is 0 Å². The average Bonchev–Trinajstić information content (AvgIpc) is 2.83. The largest absolute Gasteiger partial charge is 0.354 e. The maximum atomic E-state index is 4.08. The Balaban J connectivity index is 1.59. The highest BCUT2D eigenvalue weighted by Gasteiger charge is 1.94. The van der Waals surface area contributed by atoms with E-state index in [2.05, 4.69) is 25.5 Å². The first-order chi connectivity index (χ1) is 7.95. The highest BCUT2D eigenvalue weighted by molar-refractivity contribution is 5.21. The van der Waals surface area contributed by atoms with Crippen LogP contribution in [0.4, 0.5) is 5.95 Å². The van der Waals surface area contributed by atoms with Crippen LogP contribution in [-0.4, -0.2) is 31.3 Å². The first-order valence-corrected chi connectivity index (χ1v) is 5.28. The predicted octanol–water partition coefficient (Wildman–Crippen LogP) is 0.960. The van der Waals surface area contributed by atoms with Crippen LogP contribution in [0, 0.1) is 0 Å². The van der Waals surface area contributed by atoms with Crippen molar-refractivity contribution >= 4 is 5.95 Å². The van der Waals surface area contributed by atoms with Crippen molar-refractivity contribution in [2.75, 3.05) is 11.9 Å². The third-order valence-electron chi connectivity index (χ3n) is 2.16. The number of hydrogen-bond donors (Lipinski definition) is 1. The lowest BCUT2D eigenvalue weighted by molar-refractivity contribution is 0.618. The summed E-state index contributed by atoms with van der Waals surface area (Å²) in [4.78, 5) is 8.16. The second-order valence-electron chi connectivity index (χ2n) is 3.41. The fourth-order valence-corrected chi connectivity index (χ4v) is 1.35. The van der Waals surface area contributed by atoms with Crippen LogP contribution in [0.25, 0.3) is 0 Å². The quantitative estimate of drug-likeness (QED) is 0.731. The summed E-state index contributed by atoms with van der Waals surface area (Å²) in [6.07, 6.45) is 9.06. The Kier molecular flexibility index (Phi) is 3.81. The van der Waals surface area contributed by atoms with Crippen molar-refractivity contribution < 1.29 is 0 Å². The van der Waals surface area contributed by atoms with Crippen LogP contribution in [0.1, 0.15) is 12.8 Å². The molecule has 6 heteroatoms. The molecule has 2 heterocycles. The molecule has 2 rings (SSSR count).